The van der Waals surface area contributed by atoms with Crippen LogP contribution in [0.5, 0.6) is 0 Å². The van der Waals surface area contributed by atoms with Crippen LogP contribution in [0.3, 0.4) is 0 Å². The fraction of sp³-hybridized carbons (Fsp3) is 0.200. The summed E-state index contributed by atoms with van der Waals surface area (Å²) in [4.78, 5) is 7.70. The molecular weight excluding hydrogens is 222 g/mol. The highest BCUT2D eigenvalue weighted by molar-refractivity contribution is 6.37. The highest BCUT2D eigenvalue weighted by Crippen LogP contribution is 2.38. The third-order valence-corrected chi connectivity index (χ3v) is 2.70. The van der Waals surface area contributed by atoms with E-state index in [1.54, 1.807) is 0 Å². The van der Waals surface area contributed by atoms with Crippen molar-refractivity contribution in [3.05, 3.63) is 10.9 Å². The summed E-state index contributed by atoms with van der Waals surface area (Å²) >= 11 is 17.5. The standard InChI is InChI=1S/C5H3Cl3N4/c6-4-3-5(7,11-1-9-3)12(8)2-10-4/h1-2H,(H,9,11). The van der Waals surface area contributed by atoms with Crippen LogP contribution in [0.15, 0.2) is 20.8 Å². The maximum atomic E-state index is 6.02. The molecule has 0 saturated carbocycles. The molecule has 64 valence electrons. The lowest BCUT2D eigenvalue weighted by Crippen LogP contribution is -2.39. The lowest BCUT2D eigenvalue weighted by atomic mass is 10.3. The summed E-state index contributed by atoms with van der Waals surface area (Å²) in [5, 5.41) is 1.87. The van der Waals surface area contributed by atoms with Crippen molar-refractivity contribution in [1.82, 2.24) is 9.74 Å². The Morgan fingerprint density at radius 1 is 1.58 bits per heavy atom. The second kappa shape index (κ2) is 2.52. The van der Waals surface area contributed by atoms with Crippen LogP contribution in [0.2, 0.25) is 0 Å². The first-order valence-electron chi connectivity index (χ1n) is 3.03. The van der Waals surface area contributed by atoms with E-state index in [2.05, 4.69) is 15.3 Å². The van der Waals surface area contributed by atoms with Crippen molar-refractivity contribution in [1.29, 1.82) is 0 Å². The van der Waals surface area contributed by atoms with Crippen LogP contribution in [-0.2, 0) is 0 Å². The van der Waals surface area contributed by atoms with E-state index in [1.807, 2.05) is 0 Å². The maximum absolute atomic E-state index is 6.02. The molecule has 4 nitrogen and oxygen atoms in total. The Kier molecular flexibility index (Phi) is 1.71. The highest BCUT2D eigenvalue weighted by atomic mass is 35.5. The van der Waals surface area contributed by atoms with E-state index in [4.69, 9.17) is 35.0 Å². The van der Waals surface area contributed by atoms with E-state index in [0.717, 1.165) is 4.42 Å². The fourth-order valence-electron chi connectivity index (χ4n) is 0.934. The summed E-state index contributed by atoms with van der Waals surface area (Å²) in [6.07, 6.45) is 2.74. The number of halogens is 3. The molecule has 0 aliphatic carbocycles. The van der Waals surface area contributed by atoms with Crippen LogP contribution in [0.1, 0.15) is 0 Å². The van der Waals surface area contributed by atoms with Crippen molar-refractivity contribution >= 4 is 47.7 Å². The fourth-order valence-corrected chi connectivity index (χ4v) is 1.62. The number of hydrogen-bond donors (Lipinski definition) is 1. The normalized spacial score (nSPS) is 32.4. The molecule has 2 rings (SSSR count). The number of aliphatic imine (C=N–C) groups is 2. The van der Waals surface area contributed by atoms with E-state index in [-0.39, 0.29) is 5.16 Å². The molecule has 2 heterocycles. The van der Waals surface area contributed by atoms with E-state index < -0.39 is 5.12 Å². The van der Waals surface area contributed by atoms with Crippen LogP contribution < -0.4 is 5.32 Å². The van der Waals surface area contributed by atoms with Crippen molar-refractivity contribution in [2.45, 2.75) is 5.12 Å². The molecule has 0 amide bonds. The van der Waals surface area contributed by atoms with Gasteiger partial charge in [-0.2, -0.15) is 0 Å². The molecule has 0 aromatic carbocycles. The van der Waals surface area contributed by atoms with E-state index in [9.17, 15) is 0 Å². The quantitative estimate of drug-likeness (QED) is 0.385. The zero-order valence-corrected chi connectivity index (χ0v) is 7.90. The molecule has 0 aromatic rings. The maximum Gasteiger partial charge on any atom is 0.269 e. The minimum atomic E-state index is -1.15. The van der Waals surface area contributed by atoms with Crippen molar-refractivity contribution in [3.8, 4) is 0 Å². The Balaban J connectivity index is 2.51. The molecule has 0 radical (unpaired) electrons. The SMILES string of the molecule is ClC1=C2NC=NC2(Cl)N(Cl)C=N1. The molecule has 0 fully saturated rings. The molecule has 2 aliphatic heterocycles. The second-order valence-corrected chi connectivity index (χ2v) is 3.46. The topological polar surface area (TPSA) is 40.0 Å². The first-order valence-corrected chi connectivity index (χ1v) is 4.13. The van der Waals surface area contributed by atoms with Gasteiger partial charge in [-0.15, -0.1) is 0 Å². The van der Waals surface area contributed by atoms with Gasteiger partial charge >= 0.3 is 0 Å². The van der Waals surface area contributed by atoms with Gasteiger partial charge in [-0.3, -0.25) is 0 Å². The first-order chi connectivity index (χ1) is 5.64. The smallest absolute Gasteiger partial charge is 0.269 e. The van der Waals surface area contributed by atoms with Gasteiger partial charge in [-0.25, -0.2) is 14.4 Å². The van der Waals surface area contributed by atoms with Gasteiger partial charge in [0.2, 0.25) is 0 Å². The monoisotopic (exact) mass is 224 g/mol. The lowest BCUT2D eigenvalue weighted by Gasteiger charge is -2.28. The first kappa shape index (κ1) is 8.16. The summed E-state index contributed by atoms with van der Waals surface area (Å²) in [7, 11) is 0. The highest BCUT2D eigenvalue weighted by Gasteiger charge is 2.43. The average Bonchev–Trinajstić information content (AvgIpc) is 2.42. The van der Waals surface area contributed by atoms with Gasteiger partial charge in [0.15, 0.2) is 5.16 Å². The predicted molar refractivity (Wildman–Crippen MR) is 49.3 cm³/mol. The van der Waals surface area contributed by atoms with Crippen molar-refractivity contribution in [3.63, 3.8) is 0 Å². The summed E-state index contributed by atoms with van der Waals surface area (Å²) < 4.78 is 1.15. The Hall–Kier alpha value is -0.450. The Morgan fingerprint density at radius 2 is 2.33 bits per heavy atom. The van der Waals surface area contributed by atoms with Crippen LogP contribution in [-0.4, -0.2) is 22.2 Å². The molecule has 7 heteroatoms. The molecular formula is C5H3Cl3N4. The van der Waals surface area contributed by atoms with Crippen LogP contribution >= 0.6 is 35.0 Å². The largest absolute Gasteiger partial charge is 0.343 e. The molecule has 0 spiro atoms. The number of nitrogens with zero attached hydrogens (tertiary/aromatic N) is 3. The summed E-state index contributed by atoms with van der Waals surface area (Å²) in [6.45, 7) is 0. The Bertz CT molecular complexity index is 310. The third kappa shape index (κ3) is 0.920. The summed E-state index contributed by atoms with van der Waals surface area (Å²) in [5.41, 5.74) is 0.475. The Morgan fingerprint density at radius 3 is 3.00 bits per heavy atom. The minimum absolute atomic E-state index is 0.263. The molecule has 1 N–H and O–H groups in total. The van der Waals surface area contributed by atoms with Crippen molar-refractivity contribution < 1.29 is 0 Å². The number of fused-ring (bicyclic) bond motifs is 1. The van der Waals surface area contributed by atoms with E-state index in [0.29, 0.717) is 5.70 Å². The van der Waals surface area contributed by atoms with Crippen LogP contribution in [0.25, 0.3) is 0 Å². The second-order valence-electron chi connectivity index (χ2n) is 2.21. The number of alkyl halides is 1. The zero-order chi connectivity index (χ0) is 8.77. The molecule has 0 saturated heterocycles. The average molecular weight is 225 g/mol. The summed E-state index contributed by atoms with van der Waals surface area (Å²) in [5.74, 6) is 0. The van der Waals surface area contributed by atoms with Gasteiger partial charge in [0, 0.05) is 11.8 Å². The van der Waals surface area contributed by atoms with E-state index >= 15 is 0 Å². The minimum Gasteiger partial charge on any atom is -0.343 e. The molecule has 0 bridgehead atoms. The van der Waals surface area contributed by atoms with Gasteiger partial charge in [-0.1, -0.05) is 23.2 Å². The van der Waals surface area contributed by atoms with Gasteiger partial charge in [-0.05, 0) is 0 Å². The molecule has 2 aliphatic rings. The van der Waals surface area contributed by atoms with Gasteiger partial charge in [0.1, 0.15) is 12.0 Å². The molecule has 1 atom stereocenters. The zero-order valence-electron chi connectivity index (χ0n) is 5.63. The van der Waals surface area contributed by atoms with E-state index in [1.165, 1.54) is 12.7 Å². The molecule has 1 unspecified atom stereocenters. The van der Waals surface area contributed by atoms with Crippen LogP contribution in [0, 0.1) is 0 Å². The number of hydrogen-bond acceptors (Lipinski definition) is 4. The summed E-state index contributed by atoms with van der Waals surface area (Å²) in [6, 6.07) is 0. The van der Waals surface area contributed by atoms with Gasteiger partial charge in [0.25, 0.3) is 5.12 Å². The lowest BCUT2D eigenvalue weighted by molar-refractivity contribution is 0.483. The number of rotatable bonds is 0. The van der Waals surface area contributed by atoms with Crippen LogP contribution in [0.4, 0.5) is 0 Å². The van der Waals surface area contributed by atoms with Crippen molar-refractivity contribution in [2.24, 2.45) is 9.98 Å². The van der Waals surface area contributed by atoms with Gasteiger partial charge in [0.05, 0.1) is 6.34 Å². The third-order valence-electron chi connectivity index (χ3n) is 1.52. The van der Waals surface area contributed by atoms with Crippen molar-refractivity contribution in [2.75, 3.05) is 0 Å². The predicted octanol–water partition coefficient (Wildman–Crippen LogP) is 1.42. The molecule has 12 heavy (non-hydrogen) atoms. The molecule has 0 aromatic heterocycles. The number of nitrogens with one attached hydrogen (secondary N) is 1. The Labute approximate surface area is 83.6 Å². The van der Waals surface area contributed by atoms with Gasteiger partial charge < -0.3 is 5.32 Å².